The van der Waals surface area contributed by atoms with Crippen molar-refractivity contribution in [3.8, 4) is 0 Å². The Morgan fingerprint density at radius 2 is 2.13 bits per heavy atom. The fourth-order valence-corrected chi connectivity index (χ4v) is 4.52. The van der Waals surface area contributed by atoms with Crippen LogP contribution in [0.5, 0.6) is 0 Å². The fourth-order valence-electron chi connectivity index (χ4n) is 4.52. The van der Waals surface area contributed by atoms with E-state index in [2.05, 4.69) is 52.2 Å². The molecule has 0 radical (unpaired) electrons. The molecule has 4 nitrogen and oxygen atoms in total. The highest BCUT2D eigenvalue weighted by Crippen LogP contribution is 2.56. The topological polar surface area (TPSA) is 33.1 Å². The molecule has 2 aliphatic heterocycles. The van der Waals surface area contributed by atoms with Crippen molar-refractivity contribution in [3.05, 3.63) is 41.7 Å². The number of fused-ring (bicyclic) bond motifs is 2. The van der Waals surface area contributed by atoms with Crippen LogP contribution < -0.4 is 10.2 Å². The molecule has 0 spiro atoms. The molecule has 3 aliphatic rings. The third-order valence-corrected chi connectivity index (χ3v) is 6.01. The van der Waals surface area contributed by atoms with Crippen molar-refractivity contribution in [2.24, 2.45) is 5.92 Å². The Kier molecular flexibility index (Phi) is 2.87. The predicted octanol–water partition coefficient (Wildman–Crippen LogP) is 2.85. The van der Waals surface area contributed by atoms with Crippen molar-refractivity contribution in [2.45, 2.75) is 38.1 Å². The number of hydrogen-bond acceptors (Lipinski definition) is 3. The number of nitrogens with one attached hydrogen (secondary N) is 1. The van der Waals surface area contributed by atoms with Crippen LogP contribution in [0.1, 0.15) is 31.0 Å². The minimum atomic E-state index is 0.453. The Labute approximate surface area is 137 Å². The average Bonchev–Trinajstić information content (AvgIpc) is 2.97. The number of aryl methyl sites for hydroxylation is 2. The summed E-state index contributed by atoms with van der Waals surface area (Å²) in [7, 11) is 0. The number of benzene rings is 1. The van der Waals surface area contributed by atoms with E-state index in [9.17, 15) is 0 Å². The third kappa shape index (κ3) is 1.97. The maximum Gasteiger partial charge on any atom is 0.210 e. The molecule has 5 rings (SSSR count). The van der Waals surface area contributed by atoms with Crippen LogP contribution in [0, 0.1) is 5.92 Å². The highest BCUT2D eigenvalue weighted by molar-refractivity contribution is 5.60. The van der Waals surface area contributed by atoms with Crippen LogP contribution in [-0.2, 0) is 18.4 Å². The molecule has 1 saturated heterocycles. The van der Waals surface area contributed by atoms with Gasteiger partial charge in [-0.2, -0.15) is 0 Å². The van der Waals surface area contributed by atoms with Gasteiger partial charge in [0.15, 0.2) is 0 Å². The van der Waals surface area contributed by atoms with E-state index in [1.165, 1.54) is 36.3 Å². The van der Waals surface area contributed by atoms with Gasteiger partial charge in [0.25, 0.3) is 0 Å². The lowest BCUT2D eigenvalue weighted by molar-refractivity contribution is 0.591. The largest absolute Gasteiger partial charge is 0.317 e. The number of hydrogen-bond donors (Lipinski definition) is 1. The standard InChI is InChI=1S/C19H24N4/c1-2-16-12-22-8-3-9-23(18(22)21-16)17-6-4-14(5-7-17)19-10-15(19)11-20-13-19/h4-7,12,15,20H,2-3,8-11,13H2,1H3. The van der Waals surface area contributed by atoms with Gasteiger partial charge in [-0.25, -0.2) is 4.98 Å². The van der Waals surface area contributed by atoms with Gasteiger partial charge in [-0.1, -0.05) is 19.1 Å². The number of rotatable bonds is 3. The molecular weight excluding hydrogens is 284 g/mol. The number of aromatic nitrogens is 2. The molecule has 2 atom stereocenters. The molecule has 1 aliphatic carbocycles. The van der Waals surface area contributed by atoms with E-state index in [0.29, 0.717) is 5.41 Å². The zero-order valence-electron chi connectivity index (χ0n) is 13.8. The molecule has 0 bridgehead atoms. The quantitative estimate of drug-likeness (QED) is 0.946. The van der Waals surface area contributed by atoms with Crippen LogP contribution in [0.4, 0.5) is 11.6 Å². The van der Waals surface area contributed by atoms with E-state index in [4.69, 9.17) is 4.98 Å². The van der Waals surface area contributed by atoms with Crippen LogP contribution in [0.15, 0.2) is 30.5 Å². The molecule has 1 aromatic heterocycles. The second-order valence-electron chi connectivity index (χ2n) is 7.32. The van der Waals surface area contributed by atoms with Crippen LogP contribution in [0.3, 0.4) is 0 Å². The highest BCUT2D eigenvalue weighted by atomic mass is 15.3. The number of piperidine rings is 1. The van der Waals surface area contributed by atoms with Crippen molar-refractivity contribution in [1.29, 1.82) is 0 Å². The van der Waals surface area contributed by atoms with Gasteiger partial charge in [0.1, 0.15) is 0 Å². The molecule has 23 heavy (non-hydrogen) atoms. The molecule has 3 heterocycles. The van der Waals surface area contributed by atoms with Crippen molar-refractivity contribution in [3.63, 3.8) is 0 Å². The van der Waals surface area contributed by atoms with E-state index >= 15 is 0 Å². The zero-order chi connectivity index (χ0) is 15.4. The SMILES string of the molecule is CCc1cn2c(n1)N(c1ccc(C34CNCC3C4)cc1)CCC2. The summed E-state index contributed by atoms with van der Waals surface area (Å²) in [5, 5.41) is 3.54. The van der Waals surface area contributed by atoms with Crippen LogP contribution in [-0.4, -0.2) is 29.2 Å². The van der Waals surface area contributed by atoms with Gasteiger partial charge in [0.05, 0.1) is 5.69 Å². The first-order chi connectivity index (χ1) is 11.3. The summed E-state index contributed by atoms with van der Waals surface area (Å²) in [5.41, 5.74) is 4.45. The lowest BCUT2D eigenvalue weighted by Gasteiger charge is -2.29. The van der Waals surface area contributed by atoms with Crippen LogP contribution in [0.2, 0.25) is 0 Å². The van der Waals surface area contributed by atoms with Crippen molar-refractivity contribution in [1.82, 2.24) is 14.9 Å². The van der Waals surface area contributed by atoms with Gasteiger partial charge in [-0.3, -0.25) is 0 Å². The number of imidazole rings is 1. The maximum atomic E-state index is 4.83. The lowest BCUT2D eigenvalue weighted by atomic mass is 9.95. The first-order valence-corrected chi connectivity index (χ1v) is 8.95. The Morgan fingerprint density at radius 3 is 2.83 bits per heavy atom. The van der Waals surface area contributed by atoms with Gasteiger partial charge in [-0.15, -0.1) is 0 Å². The van der Waals surface area contributed by atoms with Gasteiger partial charge < -0.3 is 14.8 Å². The normalized spacial score (nSPS) is 28.6. The molecular formula is C19H24N4. The van der Waals surface area contributed by atoms with Crippen LogP contribution in [0.25, 0.3) is 0 Å². The Bertz CT molecular complexity index is 732. The summed E-state index contributed by atoms with van der Waals surface area (Å²) < 4.78 is 2.31. The molecule has 4 heteroatoms. The highest BCUT2D eigenvalue weighted by Gasteiger charge is 2.57. The summed E-state index contributed by atoms with van der Waals surface area (Å²) >= 11 is 0. The summed E-state index contributed by atoms with van der Waals surface area (Å²) in [5.74, 6) is 1.99. The molecule has 120 valence electrons. The second-order valence-corrected chi connectivity index (χ2v) is 7.32. The molecule has 2 aromatic rings. The number of anilines is 2. The van der Waals surface area contributed by atoms with Gasteiger partial charge >= 0.3 is 0 Å². The molecule has 0 amide bonds. The van der Waals surface area contributed by atoms with Crippen molar-refractivity contribution in [2.75, 3.05) is 24.5 Å². The summed E-state index contributed by atoms with van der Waals surface area (Å²) in [6.45, 7) is 6.69. The van der Waals surface area contributed by atoms with Gasteiger partial charge in [0, 0.05) is 36.9 Å². The third-order valence-electron chi connectivity index (χ3n) is 6.01. The van der Waals surface area contributed by atoms with Gasteiger partial charge in [0.2, 0.25) is 5.95 Å². The molecule has 1 aromatic carbocycles. The number of nitrogens with zero attached hydrogens (tertiary/aromatic N) is 3. The van der Waals surface area contributed by atoms with E-state index in [1.54, 1.807) is 0 Å². The smallest absolute Gasteiger partial charge is 0.210 e. The molecule has 2 unspecified atom stereocenters. The zero-order valence-corrected chi connectivity index (χ0v) is 13.8. The predicted molar refractivity (Wildman–Crippen MR) is 92.3 cm³/mol. The maximum absolute atomic E-state index is 4.83. The van der Waals surface area contributed by atoms with E-state index in [1.807, 2.05) is 0 Å². The van der Waals surface area contributed by atoms with Crippen molar-refractivity contribution < 1.29 is 0 Å². The monoisotopic (exact) mass is 308 g/mol. The summed E-state index contributed by atoms with van der Waals surface area (Å²) in [4.78, 5) is 7.20. The Balaban J connectivity index is 1.46. The van der Waals surface area contributed by atoms with Gasteiger partial charge in [-0.05, 0) is 49.4 Å². The van der Waals surface area contributed by atoms with E-state index in [-0.39, 0.29) is 0 Å². The second kappa shape index (κ2) is 4.84. The van der Waals surface area contributed by atoms with E-state index in [0.717, 1.165) is 37.9 Å². The Morgan fingerprint density at radius 1 is 1.26 bits per heavy atom. The van der Waals surface area contributed by atoms with Crippen LogP contribution >= 0.6 is 0 Å². The minimum Gasteiger partial charge on any atom is -0.317 e. The molecule has 1 N–H and O–H groups in total. The molecule has 2 fully saturated rings. The van der Waals surface area contributed by atoms with E-state index < -0.39 is 0 Å². The Hall–Kier alpha value is -1.81. The fraction of sp³-hybridized carbons (Fsp3) is 0.526. The first-order valence-electron chi connectivity index (χ1n) is 8.95. The average molecular weight is 308 g/mol. The first kappa shape index (κ1) is 13.6. The summed E-state index contributed by atoms with van der Waals surface area (Å²) in [6, 6.07) is 9.30. The summed E-state index contributed by atoms with van der Waals surface area (Å²) in [6.07, 6.45) is 5.77. The molecule has 1 saturated carbocycles. The van der Waals surface area contributed by atoms with Crippen molar-refractivity contribution >= 4 is 11.6 Å². The minimum absolute atomic E-state index is 0.453. The lowest BCUT2D eigenvalue weighted by Crippen LogP contribution is -2.28.